The molecule has 0 saturated heterocycles. The lowest BCUT2D eigenvalue weighted by Gasteiger charge is -2.24. The molecular weight excluding hydrogens is 605 g/mol. The molecule has 274 valence electrons. The fraction of sp³-hybridized carbons (Fsp3) is 0.944. The van der Waals surface area contributed by atoms with Crippen molar-refractivity contribution < 1.29 is 42.1 Å². The van der Waals surface area contributed by atoms with E-state index in [9.17, 15) is 19.0 Å². The Morgan fingerprint density at radius 2 is 0.978 bits per heavy atom. The quantitative estimate of drug-likeness (QED) is 0.0310. The summed E-state index contributed by atoms with van der Waals surface area (Å²) in [4.78, 5) is 34.9. The van der Waals surface area contributed by atoms with Crippen LogP contribution in [0.25, 0.3) is 0 Å². The van der Waals surface area contributed by atoms with Crippen LogP contribution in [0.5, 0.6) is 0 Å². The minimum Gasteiger partial charge on any atom is -0.462 e. The maximum absolute atomic E-state index is 12.6. The Morgan fingerprint density at radius 1 is 0.587 bits per heavy atom. The van der Waals surface area contributed by atoms with Crippen molar-refractivity contribution in [3.05, 3.63) is 0 Å². The Morgan fingerprint density at radius 3 is 1.39 bits per heavy atom. The molecule has 46 heavy (non-hydrogen) atoms. The van der Waals surface area contributed by atoms with E-state index in [2.05, 4.69) is 13.8 Å². The number of unbranched alkanes of at least 4 members (excludes halogenated alkanes) is 20. The van der Waals surface area contributed by atoms with Gasteiger partial charge in [0.2, 0.25) is 0 Å². The number of quaternary nitrogens is 1. The van der Waals surface area contributed by atoms with Crippen LogP contribution in [0.4, 0.5) is 0 Å². The number of ether oxygens (including phenoxy) is 2. The van der Waals surface area contributed by atoms with E-state index in [1.165, 1.54) is 103 Å². The molecule has 0 aliphatic carbocycles. The largest absolute Gasteiger partial charge is 0.472 e. The van der Waals surface area contributed by atoms with E-state index >= 15 is 0 Å². The predicted octanol–water partition coefficient (Wildman–Crippen LogP) is 9.68. The van der Waals surface area contributed by atoms with Crippen molar-refractivity contribution in [2.24, 2.45) is 0 Å². The zero-order valence-corrected chi connectivity index (χ0v) is 31.5. The van der Waals surface area contributed by atoms with Gasteiger partial charge < -0.3 is 18.9 Å². The van der Waals surface area contributed by atoms with Gasteiger partial charge >= 0.3 is 19.8 Å². The third-order valence-electron chi connectivity index (χ3n) is 8.14. The summed E-state index contributed by atoms with van der Waals surface area (Å²) in [7, 11) is 1.49. The van der Waals surface area contributed by atoms with E-state index in [0.717, 1.165) is 38.5 Å². The molecule has 2 atom stereocenters. The van der Waals surface area contributed by atoms with Crippen LogP contribution in [0.15, 0.2) is 0 Å². The van der Waals surface area contributed by atoms with Crippen molar-refractivity contribution in [1.82, 2.24) is 0 Å². The van der Waals surface area contributed by atoms with E-state index in [1.54, 1.807) is 0 Å². The molecule has 0 saturated carbocycles. The number of hydrogen-bond acceptors (Lipinski definition) is 7. The standard InChI is InChI=1S/C36H72NO8P/c1-6-8-10-12-14-15-16-17-18-19-20-21-22-23-25-27-29-36(39)45-34(32-42-35(38)28-26-24-13-11-9-7-2)33-44-46(40,41)43-31-30-37(3,4)5/h34H,6-33H2,1-5H3/p+1. The number of likely N-dealkylation sites (N-methyl/N-ethyl adjacent to an activating group) is 1. The summed E-state index contributed by atoms with van der Waals surface area (Å²) >= 11 is 0. The zero-order chi connectivity index (χ0) is 34.4. The molecule has 0 aliphatic rings. The van der Waals surface area contributed by atoms with Crippen molar-refractivity contribution in [2.45, 2.75) is 174 Å². The number of carbonyl (C=O) groups excluding carboxylic acids is 2. The summed E-state index contributed by atoms with van der Waals surface area (Å²) in [6.07, 6.45) is 26.0. The highest BCUT2D eigenvalue weighted by atomic mass is 31.2. The lowest BCUT2D eigenvalue weighted by atomic mass is 10.0. The van der Waals surface area contributed by atoms with Gasteiger partial charge in [-0.3, -0.25) is 18.6 Å². The molecule has 0 spiro atoms. The zero-order valence-electron chi connectivity index (χ0n) is 30.6. The van der Waals surface area contributed by atoms with Crippen molar-refractivity contribution in [1.29, 1.82) is 0 Å². The minimum atomic E-state index is -4.35. The fourth-order valence-electron chi connectivity index (χ4n) is 5.13. The topological polar surface area (TPSA) is 108 Å². The average molecular weight is 679 g/mol. The van der Waals surface area contributed by atoms with Gasteiger partial charge in [-0.25, -0.2) is 4.57 Å². The Labute approximate surface area is 283 Å². The molecule has 0 radical (unpaired) electrons. The molecule has 0 aliphatic heterocycles. The summed E-state index contributed by atoms with van der Waals surface area (Å²) in [5.74, 6) is -0.801. The van der Waals surface area contributed by atoms with E-state index in [1.807, 2.05) is 21.1 Å². The highest BCUT2D eigenvalue weighted by Gasteiger charge is 2.27. The van der Waals surface area contributed by atoms with E-state index in [4.69, 9.17) is 18.5 Å². The molecule has 9 nitrogen and oxygen atoms in total. The fourth-order valence-corrected chi connectivity index (χ4v) is 5.87. The Kier molecular flexibility index (Phi) is 29.4. The SMILES string of the molecule is CCCCCCCCCCCCCCCCCCC(=O)OC(COC(=O)CCCCCCCC)COP(=O)(O)OCC[N+](C)(C)C. The van der Waals surface area contributed by atoms with Crippen LogP contribution in [-0.2, 0) is 32.7 Å². The smallest absolute Gasteiger partial charge is 0.462 e. The molecule has 0 rings (SSSR count). The lowest BCUT2D eigenvalue weighted by molar-refractivity contribution is -0.870. The predicted molar refractivity (Wildman–Crippen MR) is 188 cm³/mol. The van der Waals surface area contributed by atoms with Crippen molar-refractivity contribution in [3.8, 4) is 0 Å². The van der Waals surface area contributed by atoms with Gasteiger partial charge in [-0.2, -0.15) is 0 Å². The molecule has 0 amide bonds. The first-order valence-corrected chi connectivity index (χ1v) is 20.3. The summed E-state index contributed by atoms with van der Waals surface area (Å²) in [6, 6.07) is 0. The summed E-state index contributed by atoms with van der Waals surface area (Å²) in [5, 5.41) is 0. The number of hydrogen-bond donors (Lipinski definition) is 1. The molecule has 0 fully saturated rings. The molecule has 10 heteroatoms. The van der Waals surface area contributed by atoms with Gasteiger partial charge in [-0.1, -0.05) is 142 Å². The number of carbonyl (C=O) groups is 2. The molecule has 0 aromatic heterocycles. The molecule has 0 heterocycles. The normalized spacial score (nSPS) is 13.8. The van der Waals surface area contributed by atoms with Crippen LogP contribution < -0.4 is 0 Å². The van der Waals surface area contributed by atoms with Gasteiger partial charge in [0.1, 0.15) is 19.8 Å². The van der Waals surface area contributed by atoms with Crippen molar-refractivity contribution >= 4 is 19.8 Å². The second kappa shape index (κ2) is 30.1. The molecule has 1 N–H and O–H groups in total. The molecule has 0 aromatic carbocycles. The maximum Gasteiger partial charge on any atom is 0.472 e. The highest BCUT2D eigenvalue weighted by Crippen LogP contribution is 2.43. The number of nitrogens with zero attached hydrogens (tertiary/aromatic N) is 1. The van der Waals surface area contributed by atoms with Crippen LogP contribution in [0.1, 0.15) is 168 Å². The first kappa shape index (κ1) is 45.0. The number of phosphoric acid groups is 1. The maximum atomic E-state index is 12.6. The lowest BCUT2D eigenvalue weighted by Crippen LogP contribution is -2.37. The summed E-state index contributed by atoms with van der Waals surface area (Å²) in [5.41, 5.74) is 0. The first-order valence-electron chi connectivity index (χ1n) is 18.8. The number of phosphoric ester groups is 1. The minimum absolute atomic E-state index is 0.0359. The van der Waals surface area contributed by atoms with E-state index < -0.39 is 26.5 Å². The van der Waals surface area contributed by atoms with Crippen LogP contribution in [0, 0.1) is 0 Å². The molecular formula is C36H73NO8P+. The summed E-state index contributed by atoms with van der Waals surface area (Å²) in [6.45, 7) is 4.36. The Hall–Kier alpha value is -0.990. The second-order valence-electron chi connectivity index (χ2n) is 14.0. The second-order valence-corrected chi connectivity index (χ2v) is 15.4. The third-order valence-corrected chi connectivity index (χ3v) is 9.12. The first-order chi connectivity index (χ1) is 22.0. The average Bonchev–Trinajstić information content (AvgIpc) is 2.99. The summed E-state index contributed by atoms with van der Waals surface area (Å²) < 4.78 is 34.0. The Balaban J connectivity index is 4.30. The van der Waals surface area contributed by atoms with E-state index in [0.29, 0.717) is 17.4 Å². The number of rotatable bonds is 34. The third kappa shape index (κ3) is 32.9. The van der Waals surface area contributed by atoms with Crippen LogP contribution in [0.2, 0.25) is 0 Å². The highest BCUT2D eigenvalue weighted by molar-refractivity contribution is 7.47. The van der Waals surface area contributed by atoms with Gasteiger partial charge in [0.15, 0.2) is 6.10 Å². The van der Waals surface area contributed by atoms with Gasteiger partial charge in [-0.15, -0.1) is 0 Å². The van der Waals surface area contributed by atoms with Crippen molar-refractivity contribution in [2.75, 3.05) is 47.5 Å². The van der Waals surface area contributed by atoms with Crippen LogP contribution in [-0.4, -0.2) is 74.9 Å². The molecule has 0 bridgehead atoms. The van der Waals surface area contributed by atoms with E-state index in [-0.39, 0.29) is 25.6 Å². The van der Waals surface area contributed by atoms with Gasteiger partial charge in [-0.05, 0) is 12.8 Å². The monoisotopic (exact) mass is 679 g/mol. The molecule has 2 unspecified atom stereocenters. The Bertz CT molecular complexity index is 774. The number of esters is 2. The molecule has 0 aromatic rings. The van der Waals surface area contributed by atoms with Gasteiger partial charge in [0.25, 0.3) is 0 Å². The van der Waals surface area contributed by atoms with Gasteiger partial charge in [0, 0.05) is 12.8 Å². The van der Waals surface area contributed by atoms with Crippen molar-refractivity contribution in [3.63, 3.8) is 0 Å². The van der Waals surface area contributed by atoms with Crippen LogP contribution in [0.3, 0.4) is 0 Å². The van der Waals surface area contributed by atoms with Gasteiger partial charge in [0.05, 0.1) is 27.7 Å². The van der Waals surface area contributed by atoms with Crippen LogP contribution >= 0.6 is 7.82 Å².